The summed E-state index contributed by atoms with van der Waals surface area (Å²) in [6.45, 7) is 4.40. The zero-order valence-corrected chi connectivity index (χ0v) is 17.7. The molecule has 0 aliphatic rings. The molecule has 0 saturated heterocycles. The van der Waals surface area contributed by atoms with Gasteiger partial charge in [-0.25, -0.2) is 0 Å². The molecular formula is C18H32CaO3S. The van der Waals surface area contributed by atoms with Crippen molar-refractivity contribution in [1.82, 2.24) is 0 Å². The topological polar surface area (TPSA) is 54.4 Å². The molecule has 0 aliphatic carbocycles. The Morgan fingerprint density at radius 1 is 0.957 bits per heavy atom. The summed E-state index contributed by atoms with van der Waals surface area (Å²) in [6.07, 6.45) is 11.4. The van der Waals surface area contributed by atoms with Gasteiger partial charge in [0.1, 0.15) is 0 Å². The van der Waals surface area contributed by atoms with Crippen molar-refractivity contribution in [1.29, 1.82) is 0 Å². The summed E-state index contributed by atoms with van der Waals surface area (Å²) in [4.78, 5) is -0.0259. The monoisotopic (exact) mass is 368 g/mol. The molecule has 23 heavy (non-hydrogen) atoms. The second-order valence-corrected chi connectivity index (χ2v) is 7.48. The summed E-state index contributed by atoms with van der Waals surface area (Å²) >= 11 is 0. The van der Waals surface area contributed by atoms with Gasteiger partial charge in [0.25, 0.3) is 10.1 Å². The molecule has 1 unspecified atom stereocenters. The summed E-state index contributed by atoms with van der Waals surface area (Å²) in [7, 11) is -4.08. The Morgan fingerprint density at radius 3 is 1.96 bits per heavy atom. The standard InChI is InChI=1S/C18H30O3S.Ca.2H/c1-3-5-6-7-8-9-10-11-16(4-2)17-12-14-18(15-13-17)22(19,20)21;;;/h12-16H,3-11H2,1-2H3,(H,19,20,21);;;/q;+2;2*-1. The third-order valence-electron chi connectivity index (χ3n) is 4.30. The number of hydrogen-bond acceptors (Lipinski definition) is 2. The third-order valence-corrected chi connectivity index (χ3v) is 5.17. The van der Waals surface area contributed by atoms with E-state index in [-0.39, 0.29) is 45.5 Å². The van der Waals surface area contributed by atoms with Crippen LogP contribution >= 0.6 is 0 Å². The molecule has 5 heteroatoms. The SMILES string of the molecule is CCCCCCCCCC(CC)c1ccc(S(=O)(=O)O)cc1.[Ca+2].[H-].[H-]. The summed E-state index contributed by atoms with van der Waals surface area (Å²) in [5.74, 6) is 0.478. The van der Waals surface area contributed by atoms with E-state index in [9.17, 15) is 8.42 Å². The van der Waals surface area contributed by atoms with E-state index in [1.165, 1.54) is 62.6 Å². The van der Waals surface area contributed by atoms with Crippen LogP contribution in [0.15, 0.2) is 29.2 Å². The Labute approximate surface area is 175 Å². The first-order chi connectivity index (χ1) is 10.5. The Hall–Kier alpha value is 0.390. The van der Waals surface area contributed by atoms with Gasteiger partial charge in [-0.1, -0.05) is 70.9 Å². The molecule has 0 saturated carbocycles. The van der Waals surface area contributed by atoms with Gasteiger partial charge < -0.3 is 2.85 Å². The largest absolute Gasteiger partial charge is 2.00 e. The Balaban J connectivity index is -0.00000161. The smallest absolute Gasteiger partial charge is 1.00 e. The molecule has 130 valence electrons. The number of hydrogen-bond donors (Lipinski definition) is 1. The summed E-state index contributed by atoms with van der Waals surface area (Å²) < 4.78 is 31.1. The fourth-order valence-corrected chi connectivity index (χ4v) is 3.35. The molecule has 0 bridgehead atoms. The Kier molecular flexibility index (Phi) is 12.9. The molecule has 0 aliphatic heterocycles. The van der Waals surface area contributed by atoms with Crippen LogP contribution in [0.5, 0.6) is 0 Å². The number of rotatable bonds is 11. The van der Waals surface area contributed by atoms with Gasteiger partial charge in [-0.05, 0) is 36.5 Å². The van der Waals surface area contributed by atoms with Crippen LogP contribution in [0.3, 0.4) is 0 Å². The zero-order valence-electron chi connectivity index (χ0n) is 16.6. The van der Waals surface area contributed by atoms with Crippen LogP contribution in [0.2, 0.25) is 0 Å². The normalized spacial score (nSPS) is 12.7. The van der Waals surface area contributed by atoms with E-state index in [4.69, 9.17) is 4.55 Å². The van der Waals surface area contributed by atoms with Crippen molar-refractivity contribution >= 4 is 47.9 Å². The number of benzene rings is 1. The fraction of sp³-hybridized carbons (Fsp3) is 0.667. The molecule has 0 heterocycles. The van der Waals surface area contributed by atoms with E-state index in [2.05, 4.69) is 13.8 Å². The maximum Gasteiger partial charge on any atom is 2.00 e. The van der Waals surface area contributed by atoms with Crippen LogP contribution in [-0.2, 0) is 10.1 Å². The molecule has 1 aromatic carbocycles. The third kappa shape index (κ3) is 9.45. The summed E-state index contributed by atoms with van der Waals surface area (Å²) in [5.41, 5.74) is 1.17. The molecule has 0 fully saturated rings. The molecule has 0 radical (unpaired) electrons. The van der Waals surface area contributed by atoms with Crippen LogP contribution < -0.4 is 0 Å². The van der Waals surface area contributed by atoms with Crippen molar-refractivity contribution in [3.63, 3.8) is 0 Å². The van der Waals surface area contributed by atoms with Crippen LogP contribution in [0.1, 0.15) is 86.0 Å². The van der Waals surface area contributed by atoms with Gasteiger partial charge >= 0.3 is 37.7 Å². The van der Waals surface area contributed by atoms with E-state index in [1.54, 1.807) is 0 Å². The quantitative estimate of drug-likeness (QED) is 0.323. The Bertz CT molecular complexity index is 522. The summed E-state index contributed by atoms with van der Waals surface area (Å²) in [6, 6.07) is 6.66. The van der Waals surface area contributed by atoms with Gasteiger partial charge in [0.05, 0.1) is 4.90 Å². The minimum absolute atomic E-state index is 0. The molecule has 0 aromatic heterocycles. The minimum Gasteiger partial charge on any atom is -1.00 e. The van der Waals surface area contributed by atoms with Gasteiger partial charge in [0.15, 0.2) is 0 Å². The van der Waals surface area contributed by atoms with E-state index in [1.807, 2.05) is 12.1 Å². The molecule has 3 nitrogen and oxygen atoms in total. The first-order valence-electron chi connectivity index (χ1n) is 8.56. The number of unbranched alkanes of at least 4 members (excludes halogenated alkanes) is 6. The molecule has 1 atom stereocenters. The fourth-order valence-electron chi connectivity index (χ4n) is 2.87. The van der Waals surface area contributed by atoms with Crippen molar-refractivity contribution < 1.29 is 15.8 Å². The van der Waals surface area contributed by atoms with Crippen molar-refractivity contribution in [3.05, 3.63) is 29.8 Å². The second kappa shape index (κ2) is 12.7. The maximum atomic E-state index is 11.1. The molecule has 1 N–H and O–H groups in total. The predicted molar refractivity (Wildman–Crippen MR) is 99.9 cm³/mol. The van der Waals surface area contributed by atoms with Gasteiger partial charge in [0, 0.05) is 0 Å². The van der Waals surface area contributed by atoms with Crippen LogP contribution in [0.25, 0.3) is 0 Å². The van der Waals surface area contributed by atoms with Crippen LogP contribution in [-0.4, -0.2) is 50.7 Å². The first kappa shape index (κ1) is 23.4. The van der Waals surface area contributed by atoms with E-state index in [0.717, 1.165) is 12.8 Å². The van der Waals surface area contributed by atoms with Crippen molar-refractivity contribution in [3.8, 4) is 0 Å². The van der Waals surface area contributed by atoms with Gasteiger partial charge in [-0.15, -0.1) is 0 Å². The summed E-state index contributed by atoms with van der Waals surface area (Å²) in [5, 5.41) is 0. The van der Waals surface area contributed by atoms with Crippen molar-refractivity contribution in [2.45, 2.75) is 82.4 Å². The maximum absolute atomic E-state index is 11.1. The molecule has 0 spiro atoms. The second-order valence-electron chi connectivity index (χ2n) is 6.06. The van der Waals surface area contributed by atoms with Gasteiger partial charge in [-0.2, -0.15) is 8.42 Å². The van der Waals surface area contributed by atoms with Crippen molar-refractivity contribution in [2.24, 2.45) is 0 Å². The first-order valence-corrected chi connectivity index (χ1v) is 10.0. The Morgan fingerprint density at radius 2 is 1.48 bits per heavy atom. The van der Waals surface area contributed by atoms with Gasteiger partial charge in [-0.3, -0.25) is 4.55 Å². The average molecular weight is 369 g/mol. The van der Waals surface area contributed by atoms with Gasteiger partial charge in [0.2, 0.25) is 0 Å². The minimum atomic E-state index is -4.08. The predicted octanol–water partition coefficient (Wildman–Crippen LogP) is 5.41. The van der Waals surface area contributed by atoms with E-state index < -0.39 is 10.1 Å². The van der Waals surface area contributed by atoms with E-state index >= 15 is 0 Å². The molecular weight excluding hydrogens is 336 g/mol. The van der Waals surface area contributed by atoms with Crippen molar-refractivity contribution in [2.75, 3.05) is 0 Å². The average Bonchev–Trinajstić information content (AvgIpc) is 2.49. The molecule has 1 rings (SSSR count). The van der Waals surface area contributed by atoms with Crippen LogP contribution in [0.4, 0.5) is 0 Å². The molecule has 1 aromatic rings. The van der Waals surface area contributed by atoms with E-state index in [0.29, 0.717) is 5.92 Å². The van der Waals surface area contributed by atoms with Crippen LogP contribution in [0, 0.1) is 0 Å². The zero-order chi connectivity index (χ0) is 16.4. The molecule has 0 amide bonds.